The van der Waals surface area contributed by atoms with E-state index in [0.29, 0.717) is 60.9 Å². The number of fused-ring (bicyclic) bond motifs is 1. The number of carbonyl (C=O) groups is 3. The number of nitrogens with zero attached hydrogens (tertiary/aromatic N) is 3. The summed E-state index contributed by atoms with van der Waals surface area (Å²) in [5.41, 5.74) is 1.50. The first-order chi connectivity index (χ1) is 23.8. The fourth-order valence-electron chi connectivity index (χ4n) is 7.36. The molecule has 10 nitrogen and oxygen atoms in total. The number of benzene rings is 2. The van der Waals surface area contributed by atoms with Gasteiger partial charge in [-0.1, -0.05) is 41.4 Å². The Labute approximate surface area is 297 Å². The van der Waals surface area contributed by atoms with Gasteiger partial charge in [-0.3, -0.25) is 29.1 Å². The van der Waals surface area contributed by atoms with Crippen molar-refractivity contribution in [2.75, 3.05) is 51.1 Å². The highest BCUT2D eigenvalue weighted by atomic mass is 35.5. The van der Waals surface area contributed by atoms with Gasteiger partial charge in [0.05, 0.1) is 34.8 Å². The number of Topliss-reactive ketones (excluding diaryl/α,β-unsaturated/α-hetero) is 1. The van der Waals surface area contributed by atoms with Crippen molar-refractivity contribution in [2.24, 2.45) is 5.92 Å². The maximum atomic E-state index is 14.8. The molecule has 6 rings (SSSR count). The number of ether oxygens (including phenoxy) is 1. The van der Waals surface area contributed by atoms with Crippen molar-refractivity contribution in [3.8, 4) is 0 Å². The Morgan fingerprint density at radius 2 is 1.58 bits per heavy atom. The molecule has 3 heterocycles. The zero-order valence-corrected chi connectivity index (χ0v) is 28.8. The molecule has 2 N–H and O–H groups in total. The molecule has 2 saturated heterocycles. The number of nitrogens with one attached hydrogen (secondary N) is 1. The van der Waals surface area contributed by atoms with Crippen LogP contribution in [0.5, 0.6) is 0 Å². The molecule has 15 heteroatoms. The average molecular weight is 740 g/mol. The number of amides is 1. The lowest BCUT2D eigenvalue weighted by molar-refractivity contribution is -0.262. The zero-order valence-electron chi connectivity index (χ0n) is 27.3. The Balaban J connectivity index is 1.27. The number of alkyl halides is 3. The number of piperazine rings is 1. The van der Waals surface area contributed by atoms with E-state index in [2.05, 4.69) is 5.32 Å². The van der Waals surface area contributed by atoms with E-state index in [1.807, 2.05) is 9.80 Å². The molecule has 1 aliphatic carbocycles. The van der Waals surface area contributed by atoms with E-state index < -0.39 is 42.5 Å². The fraction of sp³-hybridized carbons (Fsp3) is 0.514. The van der Waals surface area contributed by atoms with Crippen LogP contribution in [0.1, 0.15) is 54.4 Å². The number of hydrogen-bond donors (Lipinski definition) is 2. The van der Waals surface area contributed by atoms with Crippen LogP contribution in [0.3, 0.4) is 0 Å². The monoisotopic (exact) mass is 738 g/mol. The summed E-state index contributed by atoms with van der Waals surface area (Å²) >= 11 is 13.4. The van der Waals surface area contributed by atoms with Gasteiger partial charge in [-0.15, -0.1) is 0 Å². The molecule has 1 atom stereocenters. The molecule has 2 aliphatic heterocycles. The highest BCUT2D eigenvalue weighted by molar-refractivity contribution is 6.36. The average Bonchev–Trinajstić information content (AvgIpc) is 3.77. The van der Waals surface area contributed by atoms with Crippen LogP contribution in [0.15, 0.2) is 47.1 Å². The van der Waals surface area contributed by atoms with Crippen LogP contribution in [0, 0.1) is 5.92 Å². The standard InChI is InChI=1S/C35H39Cl2F3N4O6/c36-27-19-29(41-32(46)26-20-49-30-6-2-1-5-25(26)30)28(37)17-23(27)18-31(45)35(43-11-3-4-12-43,50-24-9-7-22(8-10-24)33(47)48)44-15-13-42(14-16-44)21-34(38,39)40/h1-2,5-6,17,19-20,22,24H,3-4,7-16,18,21H2,(H,41,46)(H,47,48). The van der Waals surface area contributed by atoms with E-state index in [1.54, 1.807) is 24.3 Å². The van der Waals surface area contributed by atoms with Gasteiger partial charge in [-0.2, -0.15) is 13.2 Å². The van der Waals surface area contributed by atoms with Crippen molar-refractivity contribution in [1.29, 1.82) is 0 Å². The van der Waals surface area contributed by atoms with Crippen LogP contribution in [0.25, 0.3) is 11.0 Å². The lowest BCUT2D eigenvalue weighted by atomic mass is 9.87. The second-order valence-corrected chi connectivity index (χ2v) is 14.0. The molecule has 3 aliphatic rings. The van der Waals surface area contributed by atoms with E-state index in [-0.39, 0.29) is 54.1 Å². The summed E-state index contributed by atoms with van der Waals surface area (Å²) in [6, 6.07) is 10.1. The number of furan rings is 1. The maximum Gasteiger partial charge on any atom is 0.401 e. The maximum absolute atomic E-state index is 14.8. The molecule has 2 aromatic carbocycles. The lowest BCUT2D eigenvalue weighted by Gasteiger charge is -2.52. The smallest absolute Gasteiger partial charge is 0.401 e. The normalized spacial score (nSPS) is 22.4. The molecule has 1 unspecified atom stereocenters. The van der Waals surface area contributed by atoms with Gasteiger partial charge in [0.25, 0.3) is 5.91 Å². The fourth-order valence-corrected chi connectivity index (χ4v) is 7.83. The summed E-state index contributed by atoms with van der Waals surface area (Å²) < 4.78 is 52.1. The first-order valence-electron chi connectivity index (χ1n) is 16.8. The molecule has 0 bridgehead atoms. The Bertz CT molecular complexity index is 1720. The topological polar surface area (TPSA) is 116 Å². The third-order valence-electron chi connectivity index (χ3n) is 9.92. The molecule has 0 spiro atoms. The van der Waals surface area contributed by atoms with Crippen molar-refractivity contribution >= 4 is 57.5 Å². The molecule has 0 radical (unpaired) electrons. The second-order valence-electron chi connectivity index (χ2n) is 13.2. The minimum atomic E-state index is -4.35. The summed E-state index contributed by atoms with van der Waals surface area (Å²) in [5, 5.41) is 13.3. The van der Waals surface area contributed by atoms with Crippen LogP contribution in [0.2, 0.25) is 10.0 Å². The van der Waals surface area contributed by atoms with Gasteiger partial charge in [0.2, 0.25) is 5.85 Å². The van der Waals surface area contributed by atoms with Crippen molar-refractivity contribution in [3.63, 3.8) is 0 Å². The molecule has 270 valence electrons. The number of halogens is 5. The zero-order chi connectivity index (χ0) is 35.6. The summed E-state index contributed by atoms with van der Waals surface area (Å²) in [6.07, 6.45) is -0.353. The van der Waals surface area contributed by atoms with Crippen molar-refractivity contribution in [2.45, 2.75) is 63.1 Å². The van der Waals surface area contributed by atoms with Gasteiger partial charge in [-0.05, 0) is 62.3 Å². The quantitative estimate of drug-likeness (QED) is 0.222. The largest absolute Gasteiger partial charge is 0.481 e. The van der Waals surface area contributed by atoms with Gasteiger partial charge >= 0.3 is 12.1 Å². The van der Waals surface area contributed by atoms with Gasteiger partial charge in [0.1, 0.15) is 11.8 Å². The van der Waals surface area contributed by atoms with E-state index in [1.165, 1.54) is 23.3 Å². The molecular weight excluding hydrogens is 700 g/mol. The Kier molecular flexibility index (Phi) is 11.1. The summed E-state index contributed by atoms with van der Waals surface area (Å²) in [5.74, 6) is -3.77. The highest BCUT2D eigenvalue weighted by Gasteiger charge is 2.53. The van der Waals surface area contributed by atoms with Gasteiger partial charge in [-0.25, -0.2) is 0 Å². The van der Waals surface area contributed by atoms with E-state index in [9.17, 15) is 32.7 Å². The Morgan fingerprint density at radius 1 is 0.920 bits per heavy atom. The number of ketones is 1. The van der Waals surface area contributed by atoms with Crippen molar-refractivity contribution in [1.82, 2.24) is 14.7 Å². The summed E-state index contributed by atoms with van der Waals surface area (Å²) in [4.78, 5) is 44.8. The molecule has 1 aromatic heterocycles. The lowest BCUT2D eigenvalue weighted by Crippen LogP contribution is -2.71. The van der Waals surface area contributed by atoms with Crippen LogP contribution < -0.4 is 5.32 Å². The third kappa shape index (κ3) is 7.98. The van der Waals surface area contributed by atoms with E-state index in [4.69, 9.17) is 32.4 Å². The number of carboxylic acid groups (broad SMARTS) is 1. The number of para-hydroxylation sites is 1. The number of rotatable bonds is 11. The molecule has 3 fully saturated rings. The number of hydrogen-bond acceptors (Lipinski definition) is 8. The first kappa shape index (κ1) is 36.6. The van der Waals surface area contributed by atoms with Crippen LogP contribution >= 0.6 is 23.2 Å². The molecule has 1 amide bonds. The Morgan fingerprint density at radius 3 is 2.24 bits per heavy atom. The van der Waals surface area contributed by atoms with Gasteiger partial charge < -0.3 is 19.6 Å². The minimum absolute atomic E-state index is 0.0877. The van der Waals surface area contributed by atoms with E-state index in [0.717, 1.165) is 12.8 Å². The number of likely N-dealkylation sites (tertiary alicyclic amines) is 1. The third-order valence-corrected chi connectivity index (χ3v) is 10.6. The minimum Gasteiger partial charge on any atom is -0.481 e. The molecular formula is C35H39Cl2F3N4O6. The number of anilines is 1. The van der Waals surface area contributed by atoms with Gasteiger partial charge in [0, 0.05) is 56.1 Å². The van der Waals surface area contributed by atoms with Crippen LogP contribution in [-0.4, -0.2) is 101 Å². The van der Waals surface area contributed by atoms with E-state index >= 15 is 0 Å². The second kappa shape index (κ2) is 15.2. The van der Waals surface area contributed by atoms with Gasteiger partial charge in [0.15, 0.2) is 5.78 Å². The predicted octanol–water partition coefficient (Wildman–Crippen LogP) is 6.69. The summed E-state index contributed by atoms with van der Waals surface area (Å²) in [7, 11) is 0. The Hall–Kier alpha value is -3.20. The number of carbonyl (C=O) groups excluding carboxylic acids is 2. The SMILES string of the molecule is O=C(Nc1cc(Cl)c(CC(=O)C(OC2CCC(C(=O)O)CC2)(N2CCCC2)N2CCN(CC(F)(F)F)CC2)cc1Cl)c1coc2ccccc12. The van der Waals surface area contributed by atoms with Crippen LogP contribution in [-0.2, 0) is 20.7 Å². The van der Waals surface area contributed by atoms with Crippen molar-refractivity contribution in [3.05, 3.63) is 63.8 Å². The summed E-state index contributed by atoms with van der Waals surface area (Å²) in [6.45, 7) is 0.534. The predicted molar refractivity (Wildman–Crippen MR) is 181 cm³/mol. The molecule has 3 aromatic rings. The van der Waals surface area contributed by atoms with Crippen molar-refractivity contribution < 1.29 is 41.8 Å². The van der Waals surface area contributed by atoms with Crippen LogP contribution in [0.4, 0.5) is 18.9 Å². The molecule has 1 saturated carbocycles. The molecule has 50 heavy (non-hydrogen) atoms. The highest BCUT2D eigenvalue weighted by Crippen LogP contribution is 2.38. The number of carboxylic acids is 1. The first-order valence-corrected chi connectivity index (χ1v) is 17.6. The number of aliphatic carboxylic acids is 1.